The van der Waals surface area contributed by atoms with Crippen molar-refractivity contribution >= 4 is 5.69 Å². The van der Waals surface area contributed by atoms with E-state index in [9.17, 15) is 0 Å². The number of hydrogen-bond donors (Lipinski definition) is 0. The van der Waals surface area contributed by atoms with Gasteiger partial charge in [0, 0.05) is 38.4 Å². The average molecular weight is 282 g/mol. The van der Waals surface area contributed by atoms with Crippen molar-refractivity contribution in [1.82, 2.24) is 4.90 Å². The quantitative estimate of drug-likeness (QED) is 0.857. The second-order valence-electron chi connectivity index (χ2n) is 5.45. The van der Waals surface area contributed by atoms with Gasteiger partial charge in [-0.25, -0.2) is 0 Å². The van der Waals surface area contributed by atoms with E-state index in [1.807, 2.05) is 6.07 Å². The Hall–Kier alpha value is -2.00. The first-order valence-electron chi connectivity index (χ1n) is 7.50. The average Bonchev–Trinajstić information content (AvgIpc) is 2.56. The zero-order valence-electron chi connectivity index (χ0n) is 12.5. The number of ether oxygens (including phenoxy) is 1. The summed E-state index contributed by atoms with van der Waals surface area (Å²) in [6.45, 7) is 5.39. The molecule has 2 aromatic rings. The molecular weight excluding hydrogens is 260 g/mol. The highest BCUT2D eigenvalue weighted by Gasteiger charge is 2.17. The Labute approximate surface area is 126 Å². The molecule has 3 nitrogen and oxygen atoms in total. The fourth-order valence-electron chi connectivity index (χ4n) is 2.83. The van der Waals surface area contributed by atoms with E-state index in [2.05, 4.69) is 58.3 Å². The smallest absolute Gasteiger partial charge is 0.119 e. The first-order valence-corrected chi connectivity index (χ1v) is 7.50. The maximum absolute atomic E-state index is 5.29. The lowest BCUT2D eigenvalue weighted by molar-refractivity contribution is 0.249. The molecule has 0 spiro atoms. The van der Waals surface area contributed by atoms with Gasteiger partial charge in [0.05, 0.1) is 7.11 Å². The number of para-hydroxylation sites is 1. The SMILES string of the molecule is COc1cccc(CN2CCN(c3ccccc3)CC2)c1. The number of hydrogen-bond acceptors (Lipinski definition) is 3. The summed E-state index contributed by atoms with van der Waals surface area (Å²) in [5, 5.41) is 0. The number of nitrogens with zero attached hydrogens (tertiary/aromatic N) is 2. The summed E-state index contributed by atoms with van der Waals surface area (Å²) < 4.78 is 5.29. The van der Waals surface area contributed by atoms with Crippen molar-refractivity contribution in [2.24, 2.45) is 0 Å². The molecular formula is C18H22N2O. The van der Waals surface area contributed by atoms with E-state index >= 15 is 0 Å². The van der Waals surface area contributed by atoms with Gasteiger partial charge in [-0.1, -0.05) is 30.3 Å². The van der Waals surface area contributed by atoms with E-state index in [1.165, 1.54) is 11.3 Å². The minimum atomic E-state index is 0.940. The highest BCUT2D eigenvalue weighted by molar-refractivity contribution is 5.46. The fraction of sp³-hybridized carbons (Fsp3) is 0.333. The van der Waals surface area contributed by atoms with Gasteiger partial charge in [0.1, 0.15) is 5.75 Å². The van der Waals surface area contributed by atoms with Crippen molar-refractivity contribution in [1.29, 1.82) is 0 Å². The first-order chi connectivity index (χ1) is 10.3. The Morgan fingerprint density at radius 1 is 0.905 bits per heavy atom. The lowest BCUT2D eigenvalue weighted by Gasteiger charge is -2.36. The van der Waals surface area contributed by atoms with Gasteiger partial charge < -0.3 is 9.64 Å². The second kappa shape index (κ2) is 6.64. The van der Waals surface area contributed by atoms with Gasteiger partial charge in [-0.15, -0.1) is 0 Å². The largest absolute Gasteiger partial charge is 0.497 e. The number of benzene rings is 2. The van der Waals surface area contributed by atoms with Crippen LogP contribution >= 0.6 is 0 Å². The molecule has 21 heavy (non-hydrogen) atoms. The fourth-order valence-corrected chi connectivity index (χ4v) is 2.83. The van der Waals surface area contributed by atoms with Gasteiger partial charge in [-0.3, -0.25) is 4.90 Å². The van der Waals surface area contributed by atoms with Crippen molar-refractivity contribution in [3.63, 3.8) is 0 Å². The number of piperazine rings is 1. The Morgan fingerprint density at radius 3 is 2.38 bits per heavy atom. The van der Waals surface area contributed by atoms with E-state index in [4.69, 9.17) is 4.74 Å². The van der Waals surface area contributed by atoms with Crippen molar-refractivity contribution in [3.05, 3.63) is 60.2 Å². The third-order valence-electron chi connectivity index (χ3n) is 4.03. The molecule has 0 atom stereocenters. The summed E-state index contributed by atoms with van der Waals surface area (Å²) >= 11 is 0. The monoisotopic (exact) mass is 282 g/mol. The topological polar surface area (TPSA) is 15.7 Å². The molecule has 1 aliphatic rings. The van der Waals surface area contributed by atoms with Crippen LogP contribution in [-0.2, 0) is 6.54 Å². The minimum absolute atomic E-state index is 0.940. The number of methoxy groups -OCH3 is 1. The van der Waals surface area contributed by atoms with Crippen molar-refractivity contribution < 1.29 is 4.74 Å². The molecule has 2 aromatic carbocycles. The Balaban J connectivity index is 1.56. The van der Waals surface area contributed by atoms with Crippen LogP contribution in [0, 0.1) is 0 Å². The molecule has 1 fully saturated rings. The zero-order chi connectivity index (χ0) is 14.5. The summed E-state index contributed by atoms with van der Waals surface area (Å²) in [5.41, 5.74) is 2.65. The summed E-state index contributed by atoms with van der Waals surface area (Å²) in [4.78, 5) is 4.97. The maximum atomic E-state index is 5.29. The lowest BCUT2D eigenvalue weighted by Crippen LogP contribution is -2.45. The van der Waals surface area contributed by atoms with Crippen LogP contribution in [0.5, 0.6) is 5.75 Å². The third kappa shape index (κ3) is 3.56. The van der Waals surface area contributed by atoms with Gasteiger partial charge in [-0.05, 0) is 29.8 Å². The molecule has 110 valence electrons. The Kier molecular flexibility index (Phi) is 4.41. The minimum Gasteiger partial charge on any atom is -0.497 e. The summed E-state index contributed by atoms with van der Waals surface area (Å²) in [6.07, 6.45) is 0. The molecule has 0 bridgehead atoms. The van der Waals surface area contributed by atoms with Gasteiger partial charge in [-0.2, -0.15) is 0 Å². The molecule has 1 aliphatic heterocycles. The van der Waals surface area contributed by atoms with Gasteiger partial charge in [0.2, 0.25) is 0 Å². The molecule has 1 heterocycles. The van der Waals surface area contributed by atoms with Gasteiger partial charge >= 0.3 is 0 Å². The van der Waals surface area contributed by atoms with Gasteiger partial charge in [0.15, 0.2) is 0 Å². The lowest BCUT2D eigenvalue weighted by atomic mass is 10.2. The van der Waals surface area contributed by atoms with Gasteiger partial charge in [0.25, 0.3) is 0 Å². The Morgan fingerprint density at radius 2 is 1.67 bits per heavy atom. The highest BCUT2D eigenvalue weighted by Crippen LogP contribution is 2.18. The maximum Gasteiger partial charge on any atom is 0.119 e. The van der Waals surface area contributed by atoms with Crippen LogP contribution in [0.15, 0.2) is 54.6 Å². The zero-order valence-corrected chi connectivity index (χ0v) is 12.5. The standard InChI is InChI=1S/C18H22N2O/c1-21-18-9-5-6-16(14-18)15-19-10-12-20(13-11-19)17-7-3-2-4-8-17/h2-9,14H,10-13,15H2,1H3. The molecule has 0 radical (unpaired) electrons. The molecule has 0 amide bonds. The van der Waals surface area contributed by atoms with E-state index in [1.54, 1.807) is 7.11 Å². The molecule has 3 rings (SSSR count). The van der Waals surface area contributed by atoms with Crippen molar-refractivity contribution in [3.8, 4) is 5.75 Å². The van der Waals surface area contributed by atoms with Crippen LogP contribution in [0.25, 0.3) is 0 Å². The summed E-state index contributed by atoms with van der Waals surface area (Å²) in [5.74, 6) is 0.940. The van der Waals surface area contributed by atoms with Crippen LogP contribution in [0.1, 0.15) is 5.56 Å². The van der Waals surface area contributed by atoms with Crippen LogP contribution in [0.3, 0.4) is 0 Å². The molecule has 0 aromatic heterocycles. The molecule has 3 heteroatoms. The van der Waals surface area contributed by atoms with Crippen LogP contribution < -0.4 is 9.64 Å². The highest BCUT2D eigenvalue weighted by atomic mass is 16.5. The summed E-state index contributed by atoms with van der Waals surface area (Å²) in [7, 11) is 1.72. The molecule has 0 aliphatic carbocycles. The summed E-state index contributed by atoms with van der Waals surface area (Å²) in [6, 6.07) is 19.0. The molecule has 0 saturated carbocycles. The van der Waals surface area contributed by atoms with Crippen LogP contribution in [-0.4, -0.2) is 38.2 Å². The molecule has 0 unspecified atom stereocenters. The normalized spacial score (nSPS) is 16.0. The number of anilines is 1. The van der Waals surface area contributed by atoms with E-state index in [-0.39, 0.29) is 0 Å². The van der Waals surface area contributed by atoms with Crippen LogP contribution in [0.4, 0.5) is 5.69 Å². The Bertz CT molecular complexity index is 562. The molecule has 1 saturated heterocycles. The second-order valence-corrected chi connectivity index (χ2v) is 5.45. The predicted molar refractivity (Wildman–Crippen MR) is 86.9 cm³/mol. The van der Waals surface area contributed by atoms with Crippen molar-refractivity contribution in [2.45, 2.75) is 6.54 Å². The predicted octanol–water partition coefficient (Wildman–Crippen LogP) is 3.02. The third-order valence-corrected chi connectivity index (χ3v) is 4.03. The molecule has 0 N–H and O–H groups in total. The number of rotatable bonds is 4. The van der Waals surface area contributed by atoms with E-state index < -0.39 is 0 Å². The van der Waals surface area contributed by atoms with Crippen LogP contribution in [0.2, 0.25) is 0 Å². The van der Waals surface area contributed by atoms with Crippen molar-refractivity contribution in [2.75, 3.05) is 38.2 Å². The van der Waals surface area contributed by atoms with E-state index in [0.29, 0.717) is 0 Å². The first kappa shape index (κ1) is 14.0. The van der Waals surface area contributed by atoms with E-state index in [0.717, 1.165) is 38.5 Å².